The predicted octanol–water partition coefficient (Wildman–Crippen LogP) is -0.431. The molecule has 0 spiro atoms. The van der Waals surface area contributed by atoms with Gasteiger partial charge in [-0.2, -0.15) is 5.10 Å². The highest BCUT2D eigenvalue weighted by Crippen LogP contribution is 2.06. The highest BCUT2D eigenvalue weighted by molar-refractivity contribution is 7.12. The molecule has 0 radical (unpaired) electrons. The van der Waals surface area contributed by atoms with E-state index in [0.29, 0.717) is 4.88 Å². The smallest absolute Gasteiger partial charge is 0.359 e. The number of nitrogens with zero attached hydrogens (tertiary/aromatic N) is 2. The molecule has 0 aliphatic carbocycles. The zero-order valence-corrected chi connectivity index (χ0v) is 14.6. The molecule has 11 heteroatoms. The fourth-order valence-corrected chi connectivity index (χ4v) is 2.35. The summed E-state index contributed by atoms with van der Waals surface area (Å²) >= 11 is 1.21. The number of methoxy groups -OCH3 is 1. The van der Waals surface area contributed by atoms with Crippen LogP contribution in [-0.2, 0) is 20.8 Å². The molecule has 0 saturated carbocycles. The average Bonchev–Trinajstić information content (AvgIpc) is 3.18. The van der Waals surface area contributed by atoms with Crippen LogP contribution in [0.15, 0.2) is 34.4 Å². The molecule has 2 heterocycles. The average molecular weight is 380 g/mol. The van der Waals surface area contributed by atoms with E-state index in [2.05, 4.69) is 16.0 Å². The first kappa shape index (κ1) is 19.3. The van der Waals surface area contributed by atoms with Crippen molar-refractivity contribution in [1.82, 2.24) is 20.6 Å². The lowest BCUT2D eigenvalue weighted by Gasteiger charge is -2.08. The molecule has 10 nitrogen and oxygen atoms in total. The van der Waals surface area contributed by atoms with Crippen LogP contribution in [0.3, 0.4) is 0 Å². The van der Waals surface area contributed by atoms with Gasteiger partial charge in [0.15, 0.2) is 12.3 Å². The van der Waals surface area contributed by atoms with Crippen molar-refractivity contribution in [3.8, 4) is 0 Å². The van der Waals surface area contributed by atoms with E-state index < -0.39 is 29.9 Å². The Labute approximate surface area is 151 Å². The first-order valence-electron chi connectivity index (χ1n) is 7.38. The summed E-state index contributed by atoms with van der Waals surface area (Å²) in [6.07, 6.45) is 0. The molecule has 0 fully saturated rings. The van der Waals surface area contributed by atoms with E-state index in [0.717, 1.165) is 4.68 Å². The number of carbonyl (C=O) groups is 3. The minimum Gasteiger partial charge on any atom is -0.451 e. The van der Waals surface area contributed by atoms with E-state index in [1.807, 2.05) is 0 Å². The second kappa shape index (κ2) is 9.44. The molecule has 2 N–H and O–H groups in total. The van der Waals surface area contributed by atoms with Crippen molar-refractivity contribution in [1.29, 1.82) is 0 Å². The minimum absolute atomic E-state index is 0.129. The summed E-state index contributed by atoms with van der Waals surface area (Å²) in [6.45, 7) is -0.203. The van der Waals surface area contributed by atoms with Gasteiger partial charge in [0, 0.05) is 13.2 Å². The molecule has 0 aliphatic heterocycles. The molecular formula is C15H16N4O6S. The first-order valence-corrected chi connectivity index (χ1v) is 8.26. The van der Waals surface area contributed by atoms with Gasteiger partial charge in [-0.15, -0.1) is 11.3 Å². The molecular weight excluding hydrogens is 364 g/mol. The molecule has 2 amide bonds. The number of amides is 2. The lowest BCUT2D eigenvalue weighted by Crippen LogP contribution is -2.43. The number of aromatic nitrogens is 2. The van der Waals surface area contributed by atoms with Crippen LogP contribution in [0.2, 0.25) is 0 Å². The molecule has 0 saturated heterocycles. The number of carbonyl (C=O) groups excluding carboxylic acids is 3. The summed E-state index contributed by atoms with van der Waals surface area (Å²) in [5, 5.41) is 5.57. The van der Waals surface area contributed by atoms with Crippen molar-refractivity contribution in [2.45, 2.75) is 6.54 Å². The summed E-state index contributed by atoms with van der Waals surface area (Å²) in [6, 6.07) is 5.66. The maximum absolute atomic E-state index is 11.9. The quantitative estimate of drug-likeness (QED) is 0.492. The second-order valence-corrected chi connectivity index (χ2v) is 5.78. The zero-order valence-electron chi connectivity index (χ0n) is 13.8. The van der Waals surface area contributed by atoms with Crippen molar-refractivity contribution in [3.63, 3.8) is 0 Å². The number of esters is 1. The SMILES string of the molecule is COCCn1nc(C(=O)OCC(=O)NNC(=O)c2cccs2)ccc1=O. The Morgan fingerprint density at radius 3 is 2.73 bits per heavy atom. The normalized spacial score (nSPS) is 10.2. The summed E-state index contributed by atoms with van der Waals surface area (Å²) in [5.74, 6) is -2.08. The minimum atomic E-state index is -0.879. The molecule has 2 aromatic rings. The maximum atomic E-state index is 11.9. The highest BCUT2D eigenvalue weighted by atomic mass is 32.1. The van der Waals surface area contributed by atoms with Crippen LogP contribution in [0, 0.1) is 0 Å². The van der Waals surface area contributed by atoms with Gasteiger partial charge in [-0.3, -0.25) is 25.2 Å². The number of hydrogen-bond donors (Lipinski definition) is 2. The van der Waals surface area contributed by atoms with E-state index in [1.165, 1.54) is 30.6 Å². The standard InChI is InChI=1S/C15H16N4O6S/c1-24-7-6-19-13(21)5-4-10(18-19)15(23)25-9-12(20)16-17-14(22)11-3-2-8-26-11/h2-5,8H,6-7,9H2,1H3,(H,16,20)(H,17,22). The maximum Gasteiger partial charge on any atom is 0.359 e. The fourth-order valence-electron chi connectivity index (χ4n) is 1.73. The zero-order chi connectivity index (χ0) is 18.9. The molecule has 0 bridgehead atoms. The van der Waals surface area contributed by atoms with Crippen LogP contribution < -0.4 is 16.4 Å². The monoisotopic (exact) mass is 380 g/mol. The van der Waals surface area contributed by atoms with Crippen LogP contribution >= 0.6 is 11.3 Å². The molecule has 0 aromatic carbocycles. The van der Waals surface area contributed by atoms with Gasteiger partial charge >= 0.3 is 5.97 Å². The van der Waals surface area contributed by atoms with Crippen molar-refractivity contribution in [2.75, 3.05) is 20.3 Å². The topological polar surface area (TPSA) is 129 Å². The van der Waals surface area contributed by atoms with Crippen LogP contribution in [0.5, 0.6) is 0 Å². The Balaban J connectivity index is 1.83. The predicted molar refractivity (Wildman–Crippen MR) is 90.6 cm³/mol. The lowest BCUT2D eigenvalue weighted by atomic mass is 10.4. The van der Waals surface area contributed by atoms with Gasteiger partial charge in [0.1, 0.15) is 0 Å². The molecule has 2 aromatic heterocycles. The summed E-state index contributed by atoms with van der Waals surface area (Å²) in [4.78, 5) is 47.2. The fraction of sp³-hybridized carbons (Fsp3) is 0.267. The van der Waals surface area contributed by atoms with Crippen LogP contribution in [0.25, 0.3) is 0 Å². The molecule has 138 valence electrons. The Kier molecular flexibility index (Phi) is 7.00. The van der Waals surface area contributed by atoms with Gasteiger partial charge < -0.3 is 9.47 Å². The van der Waals surface area contributed by atoms with Crippen molar-refractivity contribution in [3.05, 3.63) is 50.6 Å². The van der Waals surface area contributed by atoms with E-state index in [4.69, 9.17) is 9.47 Å². The molecule has 0 aliphatic rings. The summed E-state index contributed by atoms with van der Waals surface area (Å²) in [5.41, 5.74) is 3.79. The van der Waals surface area contributed by atoms with E-state index >= 15 is 0 Å². The second-order valence-electron chi connectivity index (χ2n) is 4.83. The third kappa shape index (κ3) is 5.50. The Morgan fingerprint density at radius 1 is 1.23 bits per heavy atom. The molecule has 2 rings (SSSR count). The molecule has 0 atom stereocenters. The molecule has 0 unspecified atom stereocenters. The van der Waals surface area contributed by atoms with Gasteiger partial charge in [0.25, 0.3) is 17.4 Å². The lowest BCUT2D eigenvalue weighted by molar-refractivity contribution is -0.125. The van der Waals surface area contributed by atoms with Crippen molar-refractivity contribution >= 4 is 29.1 Å². The van der Waals surface area contributed by atoms with Gasteiger partial charge in [0.2, 0.25) is 0 Å². The van der Waals surface area contributed by atoms with Gasteiger partial charge in [0.05, 0.1) is 18.0 Å². The first-order chi connectivity index (χ1) is 12.5. The Hall–Kier alpha value is -3.05. The Morgan fingerprint density at radius 2 is 2.04 bits per heavy atom. The van der Waals surface area contributed by atoms with E-state index in [-0.39, 0.29) is 18.8 Å². The Bertz CT molecular complexity index is 833. The van der Waals surface area contributed by atoms with Crippen LogP contribution in [0.4, 0.5) is 0 Å². The van der Waals surface area contributed by atoms with E-state index in [9.17, 15) is 19.2 Å². The van der Waals surface area contributed by atoms with Gasteiger partial charge in [-0.1, -0.05) is 6.07 Å². The number of hydrazine groups is 1. The number of hydrogen-bond acceptors (Lipinski definition) is 8. The van der Waals surface area contributed by atoms with Gasteiger partial charge in [-0.05, 0) is 17.5 Å². The van der Waals surface area contributed by atoms with Gasteiger partial charge in [-0.25, -0.2) is 9.48 Å². The third-order valence-corrected chi connectivity index (χ3v) is 3.85. The summed E-state index contributed by atoms with van der Waals surface area (Å²) in [7, 11) is 1.47. The van der Waals surface area contributed by atoms with Crippen molar-refractivity contribution in [2.24, 2.45) is 0 Å². The number of ether oxygens (including phenoxy) is 2. The van der Waals surface area contributed by atoms with E-state index in [1.54, 1.807) is 17.5 Å². The van der Waals surface area contributed by atoms with Crippen LogP contribution in [-0.4, -0.2) is 47.9 Å². The number of rotatable bonds is 7. The summed E-state index contributed by atoms with van der Waals surface area (Å²) < 4.78 is 10.7. The third-order valence-electron chi connectivity index (χ3n) is 2.98. The van der Waals surface area contributed by atoms with Crippen LogP contribution in [0.1, 0.15) is 20.2 Å². The number of thiophene rings is 1. The van der Waals surface area contributed by atoms with Crippen molar-refractivity contribution < 1.29 is 23.9 Å². The number of nitrogens with one attached hydrogen (secondary N) is 2. The highest BCUT2D eigenvalue weighted by Gasteiger charge is 2.14. The molecule has 26 heavy (non-hydrogen) atoms. The largest absolute Gasteiger partial charge is 0.451 e.